The highest BCUT2D eigenvalue weighted by Gasteiger charge is 2.30. The molecule has 2 atom stereocenters. The molecule has 0 heteroatoms. The van der Waals surface area contributed by atoms with Crippen molar-refractivity contribution in [3.8, 4) is 0 Å². The van der Waals surface area contributed by atoms with Gasteiger partial charge < -0.3 is 0 Å². The van der Waals surface area contributed by atoms with Crippen molar-refractivity contribution in [1.82, 2.24) is 0 Å². The summed E-state index contributed by atoms with van der Waals surface area (Å²) in [5, 5.41) is 0. The molecule has 1 aliphatic carbocycles. The van der Waals surface area contributed by atoms with Crippen LogP contribution in [-0.4, -0.2) is 0 Å². The highest BCUT2D eigenvalue weighted by atomic mass is 14.4. The fourth-order valence-corrected chi connectivity index (χ4v) is 3.62. The largest absolute Gasteiger partial charge is 0.0683 e. The zero-order valence-corrected chi connectivity index (χ0v) is 18.3. The molecule has 0 amide bonds. The van der Waals surface area contributed by atoms with Crippen LogP contribution >= 0.6 is 0 Å². The van der Waals surface area contributed by atoms with E-state index in [1.54, 1.807) is 12.8 Å². The third kappa shape index (κ3) is 15.3. The Labute approximate surface area is 150 Å². The van der Waals surface area contributed by atoms with E-state index in [4.69, 9.17) is 0 Å². The topological polar surface area (TPSA) is 0 Å². The minimum absolute atomic E-state index is 0.884. The first kappa shape index (κ1) is 25.2. The van der Waals surface area contributed by atoms with Gasteiger partial charge in [-0.25, -0.2) is 0 Å². The lowest BCUT2D eigenvalue weighted by molar-refractivity contribution is 0.133. The average molecular weight is 327 g/mol. The minimum Gasteiger partial charge on any atom is -0.0683 e. The maximum atomic E-state index is 2.44. The summed E-state index contributed by atoms with van der Waals surface area (Å²) in [6.07, 6.45) is 13.0. The van der Waals surface area contributed by atoms with Gasteiger partial charge in [-0.05, 0) is 55.3 Å². The Hall–Kier alpha value is 0. The van der Waals surface area contributed by atoms with Crippen molar-refractivity contribution >= 4 is 0 Å². The van der Waals surface area contributed by atoms with Gasteiger partial charge in [0.15, 0.2) is 0 Å². The van der Waals surface area contributed by atoms with E-state index in [0.29, 0.717) is 0 Å². The van der Waals surface area contributed by atoms with Crippen LogP contribution in [0.25, 0.3) is 0 Å². The Balaban J connectivity index is 0. The smallest absolute Gasteiger partial charge is 0.0406 e. The van der Waals surface area contributed by atoms with Gasteiger partial charge in [0.1, 0.15) is 0 Å². The molecule has 23 heavy (non-hydrogen) atoms. The summed E-state index contributed by atoms with van der Waals surface area (Å²) in [5.74, 6) is 5.00. The molecule has 0 aromatic heterocycles. The molecular weight excluding hydrogens is 276 g/mol. The fraction of sp³-hybridized carbons (Fsp3) is 1.00. The van der Waals surface area contributed by atoms with Gasteiger partial charge in [-0.1, -0.05) is 94.4 Å². The van der Waals surface area contributed by atoms with Gasteiger partial charge in [-0.2, -0.15) is 0 Å². The summed E-state index contributed by atoms with van der Waals surface area (Å²) < 4.78 is 0. The van der Waals surface area contributed by atoms with E-state index < -0.39 is 0 Å². The maximum Gasteiger partial charge on any atom is -0.0406 e. The number of rotatable bonds is 9. The van der Waals surface area contributed by atoms with E-state index in [0.717, 1.165) is 29.6 Å². The predicted molar refractivity (Wildman–Crippen MR) is 110 cm³/mol. The lowest BCUT2D eigenvalue weighted by Gasteiger charge is -2.38. The van der Waals surface area contributed by atoms with E-state index in [2.05, 4.69) is 48.5 Å². The summed E-state index contributed by atoms with van der Waals surface area (Å²) in [6.45, 7) is 20.1. The quantitative estimate of drug-likeness (QED) is 0.397. The Morgan fingerprint density at radius 2 is 1.00 bits per heavy atom. The van der Waals surface area contributed by atoms with E-state index in [1.807, 2.05) is 13.8 Å². The Bertz CT molecular complexity index is 194. The standard InChI is InChI=1S/C16H32.C5H12.C2H6/c1-5-7-13(3)9-15-11-16(12-15)10-14(4)8-6-2;1-4-5(2)3;1-2/h13-16H,5-12H2,1-4H3;5H,4H2,1-3H3;1-2H3. The average Bonchev–Trinajstić information content (AvgIpc) is 2.48. The summed E-state index contributed by atoms with van der Waals surface area (Å²) in [7, 11) is 0. The molecule has 0 bridgehead atoms. The molecule has 0 aromatic carbocycles. The van der Waals surface area contributed by atoms with E-state index in [9.17, 15) is 0 Å². The highest BCUT2D eigenvalue weighted by molar-refractivity contribution is 4.81. The highest BCUT2D eigenvalue weighted by Crippen LogP contribution is 2.42. The first-order valence-corrected chi connectivity index (χ1v) is 10.9. The van der Waals surface area contributed by atoms with Crippen LogP contribution in [-0.2, 0) is 0 Å². The lowest BCUT2D eigenvalue weighted by Crippen LogP contribution is -2.26. The molecule has 142 valence electrons. The van der Waals surface area contributed by atoms with Gasteiger partial charge in [-0.3, -0.25) is 0 Å². The second-order valence-electron chi connectivity index (χ2n) is 8.26. The molecule has 1 aliphatic rings. The normalized spacial score (nSPS) is 22.2. The van der Waals surface area contributed by atoms with Crippen molar-refractivity contribution in [2.45, 2.75) is 120 Å². The molecule has 0 nitrogen and oxygen atoms in total. The molecule has 1 rings (SSSR count). The molecule has 0 N–H and O–H groups in total. The van der Waals surface area contributed by atoms with Crippen molar-refractivity contribution in [3.63, 3.8) is 0 Å². The third-order valence-corrected chi connectivity index (χ3v) is 5.18. The molecule has 0 radical (unpaired) electrons. The van der Waals surface area contributed by atoms with Gasteiger partial charge in [0.2, 0.25) is 0 Å². The summed E-state index contributed by atoms with van der Waals surface area (Å²) >= 11 is 0. The van der Waals surface area contributed by atoms with E-state index >= 15 is 0 Å². The summed E-state index contributed by atoms with van der Waals surface area (Å²) in [4.78, 5) is 0. The molecule has 0 aromatic rings. The zero-order chi connectivity index (χ0) is 18.3. The van der Waals surface area contributed by atoms with Crippen molar-refractivity contribution in [2.24, 2.45) is 29.6 Å². The van der Waals surface area contributed by atoms with E-state index in [-0.39, 0.29) is 0 Å². The van der Waals surface area contributed by atoms with Crippen LogP contribution in [0.4, 0.5) is 0 Å². The van der Waals surface area contributed by atoms with Crippen molar-refractivity contribution in [3.05, 3.63) is 0 Å². The monoisotopic (exact) mass is 326 g/mol. The molecule has 0 heterocycles. The number of hydrogen-bond donors (Lipinski definition) is 0. The molecular formula is C23H50. The minimum atomic E-state index is 0.884. The van der Waals surface area contributed by atoms with Crippen molar-refractivity contribution < 1.29 is 0 Å². The zero-order valence-electron chi connectivity index (χ0n) is 18.3. The van der Waals surface area contributed by atoms with Gasteiger partial charge in [-0.15, -0.1) is 0 Å². The van der Waals surface area contributed by atoms with Crippen LogP contribution in [0.5, 0.6) is 0 Å². The van der Waals surface area contributed by atoms with Crippen LogP contribution < -0.4 is 0 Å². The molecule has 0 saturated heterocycles. The van der Waals surface area contributed by atoms with Gasteiger partial charge in [0, 0.05) is 0 Å². The SMILES string of the molecule is CC.CCC(C)C.CCCC(C)CC1CC(CC(C)CCC)C1. The molecule has 1 fully saturated rings. The first-order valence-electron chi connectivity index (χ1n) is 10.9. The Morgan fingerprint density at radius 1 is 0.696 bits per heavy atom. The molecule has 0 spiro atoms. The summed E-state index contributed by atoms with van der Waals surface area (Å²) in [6, 6.07) is 0. The van der Waals surface area contributed by atoms with Crippen LogP contribution in [0.2, 0.25) is 0 Å². The first-order chi connectivity index (χ1) is 10.9. The van der Waals surface area contributed by atoms with Crippen molar-refractivity contribution in [2.75, 3.05) is 0 Å². The molecule has 2 unspecified atom stereocenters. The Kier molecular flexibility index (Phi) is 18.5. The van der Waals surface area contributed by atoms with E-state index in [1.165, 1.54) is 44.9 Å². The number of hydrogen-bond acceptors (Lipinski definition) is 0. The van der Waals surface area contributed by atoms with Crippen LogP contribution in [0.3, 0.4) is 0 Å². The second-order valence-corrected chi connectivity index (χ2v) is 8.26. The van der Waals surface area contributed by atoms with Gasteiger partial charge in [0.05, 0.1) is 0 Å². The molecule has 1 saturated carbocycles. The fourth-order valence-electron chi connectivity index (χ4n) is 3.62. The van der Waals surface area contributed by atoms with Crippen LogP contribution in [0.1, 0.15) is 120 Å². The third-order valence-electron chi connectivity index (χ3n) is 5.18. The van der Waals surface area contributed by atoms with Crippen molar-refractivity contribution in [1.29, 1.82) is 0 Å². The molecule has 0 aliphatic heterocycles. The van der Waals surface area contributed by atoms with Crippen LogP contribution in [0.15, 0.2) is 0 Å². The summed E-state index contributed by atoms with van der Waals surface area (Å²) in [5.41, 5.74) is 0. The van der Waals surface area contributed by atoms with Gasteiger partial charge >= 0.3 is 0 Å². The lowest BCUT2D eigenvalue weighted by atomic mass is 9.68. The van der Waals surface area contributed by atoms with Gasteiger partial charge in [0.25, 0.3) is 0 Å². The maximum absolute atomic E-state index is 2.44. The predicted octanol–water partition coefficient (Wildman–Crippen LogP) is 8.74. The second kappa shape index (κ2) is 16.8. The Morgan fingerprint density at radius 3 is 1.22 bits per heavy atom. The van der Waals surface area contributed by atoms with Crippen LogP contribution in [0, 0.1) is 29.6 Å².